The molecule has 1 heterocycles. The molecule has 11 heteroatoms. The monoisotopic (exact) mass is 387 g/mol. The molecule has 0 unspecified atom stereocenters. The van der Waals surface area contributed by atoms with Crippen molar-refractivity contribution in [1.82, 2.24) is 9.97 Å². The molecule has 27 heavy (non-hydrogen) atoms. The van der Waals surface area contributed by atoms with E-state index in [9.17, 15) is 18.5 Å². The zero-order valence-corrected chi connectivity index (χ0v) is 14.9. The number of nitrogens with one attached hydrogen (secondary N) is 2. The van der Waals surface area contributed by atoms with Crippen molar-refractivity contribution in [2.75, 3.05) is 5.32 Å². The van der Waals surface area contributed by atoms with E-state index in [1.807, 2.05) is 18.2 Å². The Bertz CT molecular complexity index is 1160. The quantitative estimate of drug-likeness (QED) is 0.245. The fraction of sp³-hybridized carbons (Fsp3) is 0.0625. The smallest absolute Gasteiger partial charge is 0.290 e. The van der Waals surface area contributed by atoms with Crippen LogP contribution in [0.25, 0.3) is 10.9 Å². The maximum atomic E-state index is 12.3. The van der Waals surface area contributed by atoms with Crippen LogP contribution in [-0.4, -0.2) is 29.3 Å². The lowest BCUT2D eigenvalue weighted by Gasteiger charge is -2.04. The second-order valence-electron chi connectivity index (χ2n) is 5.54. The zero-order valence-electron chi connectivity index (χ0n) is 14.1. The number of para-hydroxylation sites is 1. The van der Waals surface area contributed by atoms with Crippen molar-refractivity contribution >= 4 is 38.5 Å². The van der Waals surface area contributed by atoms with Crippen LogP contribution in [0.5, 0.6) is 0 Å². The number of benzene rings is 2. The number of hydrogen-bond donors (Lipinski definition) is 3. The van der Waals surface area contributed by atoms with Gasteiger partial charge in [0, 0.05) is 17.5 Å². The van der Waals surface area contributed by atoms with Gasteiger partial charge in [0.15, 0.2) is 0 Å². The molecule has 0 fully saturated rings. The van der Waals surface area contributed by atoms with Gasteiger partial charge in [0.05, 0.1) is 16.1 Å². The third-order valence-corrected chi connectivity index (χ3v) is 5.02. The summed E-state index contributed by atoms with van der Waals surface area (Å²) in [5.41, 5.74) is 6.89. The summed E-state index contributed by atoms with van der Waals surface area (Å²) in [5, 5.41) is 14.1. The summed E-state index contributed by atoms with van der Waals surface area (Å²) >= 11 is 0. The molecule has 0 aliphatic rings. The fourth-order valence-electron chi connectivity index (χ4n) is 2.39. The topological polar surface area (TPSA) is 155 Å². The first kappa shape index (κ1) is 18.2. The summed E-state index contributed by atoms with van der Waals surface area (Å²) in [4.78, 5) is 18.4. The van der Waals surface area contributed by atoms with Gasteiger partial charge in [0.25, 0.3) is 11.6 Å². The van der Waals surface area contributed by atoms with Crippen molar-refractivity contribution in [3.05, 3.63) is 64.3 Å². The van der Waals surface area contributed by atoms with Crippen molar-refractivity contribution in [2.24, 2.45) is 5.73 Å². The van der Waals surface area contributed by atoms with Gasteiger partial charge in [-0.05, 0) is 25.1 Å². The lowest BCUT2D eigenvalue weighted by atomic mass is 10.2. The molecule has 10 nitrogen and oxygen atoms in total. The summed E-state index contributed by atoms with van der Waals surface area (Å²) < 4.78 is 26.8. The number of hydrogen-bond acceptors (Lipinski definition) is 6. The average molecular weight is 387 g/mol. The van der Waals surface area contributed by atoms with Gasteiger partial charge in [-0.1, -0.05) is 18.2 Å². The molecular weight excluding hydrogens is 372 g/mol. The molecule has 0 amide bonds. The van der Waals surface area contributed by atoms with E-state index in [2.05, 4.69) is 19.7 Å². The standard InChI is InChI=1S/C16H14N6O4S/c1-10-13-4-2-3-5-14(13)19-16(18-10)20-15(17)21-27(25,26)12-8-6-11(7-9-12)22(23)24/h2-9H,1H3,(H3,17,18,19,20,21)/p+1. The summed E-state index contributed by atoms with van der Waals surface area (Å²) in [5.74, 6) is -0.168. The molecule has 2 aromatic carbocycles. The Kier molecular flexibility index (Phi) is 4.69. The molecule has 3 rings (SSSR count). The van der Waals surface area contributed by atoms with Gasteiger partial charge in [-0.25, -0.2) is 10.3 Å². The van der Waals surface area contributed by atoms with Gasteiger partial charge in [-0.2, -0.15) is 17.8 Å². The van der Waals surface area contributed by atoms with Crippen LogP contribution in [-0.2, 0) is 10.0 Å². The molecule has 0 aliphatic carbocycles. The number of nitrogens with two attached hydrogens (primary N) is 1. The Morgan fingerprint density at radius 1 is 1.15 bits per heavy atom. The minimum absolute atomic E-state index is 0.134. The Morgan fingerprint density at radius 3 is 2.48 bits per heavy atom. The predicted octanol–water partition coefficient (Wildman–Crippen LogP) is 0.0425. The molecule has 0 saturated carbocycles. The maximum Gasteiger partial charge on any atom is 0.363 e. The van der Waals surface area contributed by atoms with Crippen molar-refractivity contribution in [1.29, 1.82) is 0 Å². The van der Waals surface area contributed by atoms with Gasteiger partial charge in [-0.3, -0.25) is 15.8 Å². The number of anilines is 1. The summed E-state index contributed by atoms with van der Waals surface area (Å²) in [6.45, 7) is 1.80. The maximum absolute atomic E-state index is 12.3. The SMILES string of the molecule is Cc1nc(NC(N)=[NH+]S(=O)(=O)c2ccc([N+](=O)[O-])cc2)nc2ccccc12. The van der Waals surface area contributed by atoms with E-state index >= 15 is 0 Å². The predicted molar refractivity (Wildman–Crippen MR) is 98.3 cm³/mol. The van der Waals surface area contributed by atoms with E-state index < -0.39 is 14.9 Å². The minimum Gasteiger partial charge on any atom is -0.290 e. The number of rotatable bonds is 4. The van der Waals surface area contributed by atoms with Gasteiger partial charge in [-0.15, -0.1) is 0 Å². The number of guanidine groups is 1. The number of fused-ring (bicyclic) bond motifs is 1. The Balaban J connectivity index is 1.87. The average Bonchev–Trinajstić information content (AvgIpc) is 2.61. The van der Waals surface area contributed by atoms with Crippen LogP contribution in [0.3, 0.4) is 0 Å². The van der Waals surface area contributed by atoms with Gasteiger partial charge in [0.2, 0.25) is 0 Å². The number of non-ortho nitro benzene ring substituents is 1. The van der Waals surface area contributed by atoms with Crippen molar-refractivity contribution < 1.29 is 17.7 Å². The highest BCUT2D eigenvalue weighted by Crippen LogP contribution is 2.16. The summed E-state index contributed by atoms with van der Waals surface area (Å²) in [7, 11) is -4.03. The molecule has 0 bridgehead atoms. The number of nitrogens with zero attached hydrogens (tertiary/aromatic N) is 3. The van der Waals surface area contributed by atoms with Gasteiger partial charge in [0.1, 0.15) is 4.90 Å². The van der Waals surface area contributed by atoms with Gasteiger partial charge >= 0.3 is 16.0 Å². The third-order valence-electron chi connectivity index (χ3n) is 3.64. The molecule has 0 atom stereocenters. The third kappa shape index (κ3) is 3.98. The number of sulfonamides is 1. The second-order valence-corrected chi connectivity index (χ2v) is 7.23. The number of aryl methyl sites for hydroxylation is 1. The normalized spacial score (nSPS) is 12.1. The second kappa shape index (κ2) is 6.96. The van der Waals surface area contributed by atoms with Crippen LogP contribution in [0, 0.1) is 17.0 Å². The number of nitro benzene ring substituents is 1. The van der Waals surface area contributed by atoms with Crippen LogP contribution in [0.4, 0.5) is 11.6 Å². The van der Waals surface area contributed by atoms with E-state index in [0.717, 1.165) is 29.7 Å². The highest BCUT2D eigenvalue weighted by Gasteiger charge is 2.18. The van der Waals surface area contributed by atoms with Crippen molar-refractivity contribution in [3.63, 3.8) is 0 Å². The van der Waals surface area contributed by atoms with Crippen LogP contribution >= 0.6 is 0 Å². The van der Waals surface area contributed by atoms with E-state index in [4.69, 9.17) is 5.73 Å². The van der Waals surface area contributed by atoms with E-state index in [0.29, 0.717) is 11.2 Å². The Morgan fingerprint density at radius 2 is 1.81 bits per heavy atom. The Labute approximate surface area is 154 Å². The molecule has 0 spiro atoms. The van der Waals surface area contributed by atoms with E-state index in [-0.39, 0.29) is 22.5 Å². The van der Waals surface area contributed by atoms with Crippen LogP contribution in [0.1, 0.15) is 5.69 Å². The van der Waals surface area contributed by atoms with Crippen LogP contribution in [0.2, 0.25) is 0 Å². The summed E-state index contributed by atoms with van der Waals surface area (Å²) in [6, 6.07) is 11.8. The first-order valence-corrected chi connectivity index (χ1v) is 9.15. The zero-order chi connectivity index (χ0) is 19.6. The molecule has 0 saturated heterocycles. The lowest BCUT2D eigenvalue weighted by molar-refractivity contribution is -0.384. The lowest BCUT2D eigenvalue weighted by Crippen LogP contribution is -2.80. The molecule has 0 aliphatic heterocycles. The molecule has 138 valence electrons. The van der Waals surface area contributed by atoms with Crippen molar-refractivity contribution in [3.8, 4) is 0 Å². The first-order valence-electron chi connectivity index (χ1n) is 7.66. The van der Waals surface area contributed by atoms with Crippen molar-refractivity contribution in [2.45, 2.75) is 11.8 Å². The molecule has 4 N–H and O–H groups in total. The molecule has 1 aromatic heterocycles. The van der Waals surface area contributed by atoms with Crippen LogP contribution < -0.4 is 15.4 Å². The van der Waals surface area contributed by atoms with Gasteiger partial charge < -0.3 is 0 Å². The summed E-state index contributed by atoms with van der Waals surface area (Å²) in [6.07, 6.45) is 0. The van der Waals surface area contributed by atoms with E-state index in [1.54, 1.807) is 13.0 Å². The highest BCUT2D eigenvalue weighted by atomic mass is 32.2. The van der Waals surface area contributed by atoms with Crippen LogP contribution in [0.15, 0.2) is 53.4 Å². The first-order chi connectivity index (χ1) is 12.8. The number of nitro groups is 1. The van der Waals surface area contributed by atoms with E-state index in [1.165, 1.54) is 0 Å². The fourth-order valence-corrected chi connectivity index (χ4v) is 3.34. The molecule has 3 aromatic rings. The Hall–Kier alpha value is -3.60. The highest BCUT2D eigenvalue weighted by molar-refractivity contribution is 7.84. The largest absolute Gasteiger partial charge is 0.363 e. The number of aromatic nitrogens is 2. The molecule has 0 radical (unpaired) electrons. The minimum atomic E-state index is -4.03. The molecular formula is C16H15N6O4S+.